The van der Waals surface area contributed by atoms with Crippen LogP contribution in [0.25, 0.3) is 0 Å². The van der Waals surface area contributed by atoms with Gasteiger partial charge in [-0.2, -0.15) is 26.3 Å². The number of alkyl halides is 6. The van der Waals surface area contributed by atoms with E-state index >= 15 is 0 Å². The SMILES string of the molecule is CC(C)C[C@H](N)C(=O)NCc1cc(C(F)(F)F)cc(C(F)(F)F)c1. The first-order valence-electron chi connectivity index (χ1n) is 7.12. The Hall–Kier alpha value is -1.77. The molecule has 1 atom stereocenters. The van der Waals surface area contributed by atoms with E-state index in [-0.39, 0.29) is 17.5 Å². The molecule has 136 valence electrons. The molecule has 0 unspecified atom stereocenters. The van der Waals surface area contributed by atoms with Crippen molar-refractivity contribution in [3.05, 3.63) is 34.9 Å². The molecule has 1 aromatic rings. The van der Waals surface area contributed by atoms with Crippen molar-refractivity contribution in [3.63, 3.8) is 0 Å². The van der Waals surface area contributed by atoms with Crippen molar-refractivity contribution in [2.24, 2.45) is 11.7 Å². The van der Waals surface area contributed by atoms with E-state index in [9.17, 15) is 31.1 Å². The van der Waals surface area contributed by atoms with Gasteiger partial charge in [-0.25, -0.2) is 0 Å². The number of nitrogens with two attached hydrogens (primary N) is 1. The average Bonchev–Trinajstić information content (AvgIpc) is 2.41. The third-order valence-electron chi connectivity index (χ3n) is 3.18. The molecule has 0 bridgehead atoms. The van der Waals surface area contributed by atoms with Crippen LogP contribution in [0.5, 0.6) is 0 Å². The Labute approximate surface area is 135 Å². The first kappa shape index (κ1) is 20.3. The third-order valence-corrected chi connectivity index (χ3v) is 3.18. The number of hydrogen-bond acceptors (Lipinski definition) is 2. The van der Waals surface area contributed by atoms with Gasteiger partial charge >= 0.3 is 12.4 Å². The highest BCUT2D eigenvalue weighted by molar-refractivity contribution is 5.81. The lowest BCUT2D eigenvalue weighted by Crippen LogP contribution is -2.41. The van der Waals surface area contributed by atoms with Crippen molar-refractivity contribution >= 4 is 5.91 Å². The van der Waals surface area contributed by atoms with Crippen molar-refractivity contribution in [1.82, 2.24) is 5.32 Å². The van der Waals surface area contributed by atoms with Gasteiger partial charge in [0.05, 0.1) is 17.2 Å². The molecule has 9 heteroatoms. The minimum atomic E-state index is -4.92. The van der Waals surface area contributed by atoms with Crippen LogP contribution in [0.2, 0.25) is 0 Å². The van der Waals surface area contributed by atoms with Crippen LogP contribution in [-0.2, 0) is 23.7 Å². The Balaban J connectivity index is 2.97. The van der Waals surface area contributed by atoms with Crippen LogP contribution in [0.1, 0.15) is 37.0 Å². The molecule has 3 nitrogen and oxygen atoms in total. The lowest BCUT2D eigenvalue weighted by molar-refractivity contribution is -0.143. The first-order valence-corrected chi connectivity index (χ1v) is 7.12. The minimum Gasteiger partial charge on any atom is -0.351 e. The van der Waals surface area contributed by atoms with Gasteiger partial charge in [0, 0.05) is 6.54 Å². The molecule has 0 spiro atoms. The van der Waals surface area contributed by atoms with Crippen LogP contribution in [0, 0.1) is 5.92 Å². The molecular formula is C15H18F6N2O. The van der Waals surface area contributed by atoms with Gasteiger partial charge in [-0.15, -0.1) is 0 Å². The highest BCUT2D eigenvalue weighted by Crippen LogP contribution is 2.36. The van der Waals surface area contributed by atoms with Crippen molar-refractivity contribution in [2.75, 3.05) is 0 Å². The number of carbonyl (C=O) groups is 1. The van der Waals surface area contributed by atoms with E-state index in [1.54, 1.807) is 0 Å². The maximum atomic E-state index is 12.7. The Morgan fingerprint density at radius 2 is 1.50 bits per heavy atom. The summed E-state index contributed by atoms with van der Waals surface area (Å²) >= 11 is 0. The fourth-order valence-electron chi connectivity index (χ4n) is 2.06. The highest BCUT2D eigenvalue weighted by atomic mass is 19.4. The number of halogens is 6. The van der Waals surface area contributed by atoms with E-state index in [2.05, 4.69) is 5.32 Å². The normalized spacial score (nSPS) is 13.9. The Kier molecular flexibility index (Phi) is 6.26. The molecule has 0 saturated carbocycles. The predicted octanol–water partition coefficient (Wildman–Crippen LogP) is 3.71. The summed E-state index contributed by atoms with van der Waals surface area (Å²) in [5.74, 6) is -0.509. The fraction of sp³-hybridized carbons (Fsp3) is 0.533. The van der Waals surface area contributed by atoms with Crippen LogP contribution < -0.4 is 11.1 Å². The lowest BCUT2D eigenvalue weighted by Gasteiger charge is -2.16. The Morgan fingerprint density at radius 3 is 1.88 bits per heavy atom. The summed E-state index contributed by atoms with van der Waals surface area (Å²) in [4.78, 5) is 11.7. The van der Waals surface area contributed by atoms with Crippen LogP contribution in [-0.4, -0.2) is 11.9 Å². The zero-order valence-corrected chi connectivity index (χ0v) is 13.1. The zero-order valence-electron chi connectivity index (χ0n) is 13.1. The van der Waals surface area contributed by atoms with Crippen molar-refractivity contribution < 1.29 is 31.1 Å². The molecule has 0 saturated heterocycles. The van der Waals surface area contributed by atoms with E-state index < -0.39 is 42.0 Å². The van der Waals surface area contributed by atoms with Crippen LogP contribution in [0.4, 0.5) is 26.3 Å². The summed E-state index contributed by atoms with van der Waals surface area (Å²) in [5.41, 5.74) is 2.46. The zero-order chi connectivity index (χ0) is 18.7. The smallest absolute Gasteiger partial charge is 0.351 e. The summed E-state index contributed by atoms with van der Waals surface area (Å²) in [6.45, 7) is 3.18. The molecule has 1 amide bonds. The molecule has 1 rings (SSSR count). The number of rotatable bonds is 5. The van der Waals surface area contributed by atoms with Crippen LogP contribution in [0.3, 0.4) is 0 Å². The average molecular weight is 356 g/mol. The Bertz CT molecular complexity index is 548. The van der Waals surface area contributed by atoms with E-state index in [0.29, 0.717) is 18.6 Å². The van der Waals surface area contributed by atoms with Gasteiger partial charge in [0.2, 0.25) is 5.91 Å². The second-order valence-electron chi connectivity index (χ2n) is 5.87. The van der Waals surface area contributed by atoms with Gasteiger partial charge < -0.3 is 11.1 Å². The van der Waals surface area contributed by atoms with Crippen molar-refractivity contribution in [1.29, 1.82) is 0 Å². The summed E-state index contributed by atoms with van der Waals surface area (Å²) < 4.78 is 76.4. The topological polar surface area (TPSA) is 55.1 Å². The number of carbonyl (C=O) groups excluding carboxylic acids is 1. The summed E-state index contributed by atoms with van der Waals surface area (Å²) in [5, 5.41) is 2.26. The van der Waals surface area contributed by atoms with E-state index in [0.717, 1.165) is 0 Å². The summed E-state index contributed by atoms with van der Waals surface area (Å²) in [6.07, 6.45) is -9.50. The molecule has 0 aliphatic rings. The molecule has 0 fully saturated rings. The van der Waals surface area contributed by atoms with Gasteiger partial charge in [-0.3, -0.25) is 4.79 Å². The van der Waals surface area contributed by atoms with Gasteiger partial charge in [-0.05, 0) is 36.1 Å². The lowest BCUT2D eigenvalue weighted by atomic mass is 10.0. The quantitative estimate of drug-likeness (QED) is 0.790. The van der Waals surface area contributed by atoms with E-state index in [1.807, 2.05) is 13.8 Å². The molecule has 0 heterocycles. The van der Waals surface area contributed by atoms with Crippen LogP contribution >= 0.6 is 0 Å². The maximum Gasteiger partial charge on any atom is 0.416 e. The monoisotopic (exact) mass is 356 g/mol. The molecular weight excluding hydrogens is 338 g/mol. The minimum absolute atomic E-state index is 0.0375. The highest BCUT2D eigenvalue weighted by Gasteiger charge is 2.36. The molecule has 1 aromatic carbocycles. The molecule has 0 radical (unpaired) electrons. The number of benzene rings is 1. The molecule has 0 aliphatic carbocycles. The van der Waals surface area contributed by atoms with E-state index in [4.69, 9.17) is 5.73 Å². The Morgan fingerprint density at radius 1 is 1.04 bits per heavy atom. The van der Waals surface area contributed by atoms with Gasteiger partial charge in [0.25, 0.3) is 0 Å². The molecule has 0 aliphatic heterocycles. The van der Waals surface area contributed by atoms with Gasteiger partial charge in [0.1, 0.15) is 0 Å². The largest absolute Gasteiger partial charge is 0.416 e. The van der Waals surface area contributed by atoms with Gasteiger partial charge in [0.15, 0.2) is 0 Å². The summed E-state index contributed by atoms with van der Waals surface area (Å²) in [6, 6.07) is 0.306. The molecule has 24 heavy (non-hydrogen) atoms. The first-order chi connectivity index (χ1) is 10.8. The molecule has 0 aromatic heterocycles. The van der Waals surface area contributed by atoms with Crippen molar-refractivity contribution in [3.8, 4) is 0 Å². The fourth-order valence-corrected chi connectivity index (χ4v) is 2.06. The number of hydrogen-bond donors (Lipinski definition) is 2. The second kappa shape index (κ2) is 7.42. The van der Waals surface area contributed by atoms with Crippen LogP contribution in [0.15, 0.2) is 18.2 Å². The van der Waals surface area contributed by atoms with E-state index in [1.165, 1.54) is 0 Å². The number of amides is 1. The maximum absolute atomic E-state index is 12.7. The predicted molar refractivity (Wildman–Crippen MR) is 75.7 cm³/mol. The number of nitrogens with one attached hydrogen (secondary N) is 1. The molecule has 3 N–H and O–H groups in total. The third kappa shape index (κ3) is 6.03. The summed E-state index contributed by atoms with van der Waals surface area (Å²) in [7, 11) is 0. The standard InChI is InChI=1S/C15H18F6N2O/c1-8(2)3-12(22)13(24)23-7-9-4-10(14(16,17)18)6-11(5-9)15(19,20)21/h4-6,8,12H,3,7,22H2,1-2H3,(H,23,24)/t12-/m0/s1. The van der Waals surface area contributed by atoms with Crippen molar-refractivity contribution in [2.45, 2.75) is 45.2 Å². The second-order valence-corrected chi connectivity index (χ2v) is 5.87. The van der Waals surface area contributed by atoms with Gasteiger partial charge in [-0.1, -0.05) is 13.8 Å².